The van der Waals surface area contributed by atoms with E-state index in [2.05, 4.69) is 52.8 Å². The lowest BCUT2D eigenvalue weighted by Crippen LogP contribution is -2.51. The average molecular weight is 344 g/mol. The first-order valence-electron chi connectivity index (χ1n) is 10.0. The Morgan fingerprint density at radius 3 is 2.48 bits per heavy atom. The highest BCUT2D eigenvalue weighted by molar-refractivity contribution is 5.78. The SMILES string of the molecule is CCN(C(=O)CN1CCN(c2cccc(C)c2)CC1)C1CCCCC1. The largest absolute Gasteiger partial charge is 0.369 e. The van der Waals surface area contributed by atoms with Crippen molar-refractivity contribution in [3.8, 4) is 0 Å². The summed E-state index contributed by atoms with van der Waals surface area (Å²) < 4.78 is 0. The Balaban J connectivity index is 1.50. The summed E-state index contributed by atoms with van der Waals surface area (Å²) >= 11 is 0. The first kappa shape index (κ1) is 18.2. The van der Waals surface area contributed by atoms with Gasteiger partial charge in [0, 0.05) is 44.5 Å². The Morgan fingerprint density at radius 1 is 1.12 bits per heavy atom. The van der Waals surface area contributed by atoms with Crippen molar-refractivity contribution in [2.75, 3.05) is 44.2 Å². The standard InChI is InChI=1S/C21H33N3O/c1-3-24(19-9-5-4-6-10-19)21(25)17-22-12-14-23(15-13-22)20-11-7-8-18(2)16-20/h7-8,11,16,19H,3-6,9-10,12-15,17H2,1-2H3. The van der Waals surface area contributed by atoms with Crippen molar-refractivity contribution in [1.29, 1.82) is 0 Å². The molecule has 1 aromatic rings. The maximum absolute atomic E-state index is 12.8. The van der Waals surface area contributed by atoms with E-state index in [1.165, 1.54) is 43.4 Å². The summed E-state index contributed by atoms with van der Waals surface area (Å²) in [6, 6.07) is 9.20. The van der Waals surface area contributed by atoms with Crippen molar-refractivity contribution >= 4 is 11.6 Å². The van der Waals surface area contributed by atoms with Crippen LogP contribution in [0, 0.1) is 6.92 Å². The van der Waals surface area contributed by atoms with Gasteiger partial charge in [-0.05, 0) is 44.4 Å². The van der Waals surface area contributed by atoms with E-state index in [0.717, 1.165) is 32.7 Å². The van der Waals surface area contributed by atoms with E-state index in [9.17, 15) is 4.79 Å². The predicted molar refractivity (Wildman–Crippen MR) is 104 cm³/mol. The minimum absolute atomic E-state index is 0.332. The van der Waals surface area contributed by atoms with Gasteiger partial charge in [0.2, 0.25) is 5.91 Å². The second kappa shape index (κ2) is 8.70. The molecule has 1 heterocycles. The molecule has 1 amide bonds. The maximum atomic E-state index is 12.8. The molecular formula is C21H33N3O. The number of nitrogens with zero attached hydrogens (tertiary/aromatic N) is 3. The van der Waals surface area contributed by atoms with Gasteiger partial charge in [0.15, 0.2) is 0 Å². The van der Waals surface area contributed by atoms with Crippen molar-refractivity contribution in [3.05, 3.63) is 29.8 Å². The lowest BCUT2D eigenvalue weighted by molar-refractivity contribution is -0.135. The van der Waals surface area contributed by atoms with Gasteiger partial charge in [0.1, 0.15) is 0 Å². The first-order valence-corrected chi connectivity index (χ1v) is 10.0. The van der Waals surface area contributed by atoms with Crippen molar-refractivity contribution in [1.82, 2.24) is 9.80 Å². The smallest absolute Gasteiger partial charge is 0.236 e. The summed E-state index contributed by atoms with van der Waals surface area (Å²) in [6.07, 6.45) is 6.29. The molecule has 1 aliphatic carbocycles. The van der Waals surface area contributed by atoms with Gasteiger partial charge in [-0.2, -0.15) is 0 Å². The predicted octanol–water partition coefficient (Wildman–Crippen LogP) is 3.30. The third kappa shape index (κ3) is 4.75. The van der Waals surface area contributed by atoms with E-state index >= 15 is 0 Å². The van der Waals surface area contributed by atoms with Crippen LogP contribution in [0.5, 0.6) is 0 Å². The third-order valence-electron chi connectivity index (χ3n) is 5.77. The van der Waals surface area contributed by atoms with Crippen LogP contribution in [0.15, 0.2) is 24.3 Å². The highest BCUT2D eigenvalue weighted by Crippen LogP contribution is 2.23. The summed E-state index contributed by atoms with van der Waals surface area (Å²) in [6.45, 7) is 9.67. The van der Waals surface area contributed by atoms with Crippen LogP contribution in [0.2, 0.25) is 0 Å². The van der Waals surface area contributed by atoms with E-state index < -0.39 is 0 Å². The van der Waals surface area contributed by atoms with Gasteiger partial charge in [0.05, 0.1) is 6.54 Å². The fraction of sp³-hybridized carbons (Fsp3) is 0.667. The Bertz CT molecular complexity index is 560. The molecule has 1 aliphatic heterocycles. The number of likely N-dealkylation sites (N-methyl/N-ethyl adjacent to an activating group) is 1. The number of carbonyl (C=O) groups excluding carboxylic acids is 1. The number of anilines is 1. The van der Waals surface area contributed by atoms with Crippen LogP contribution in [0.25, 0.3) is 0 Å². The molecule has 1 saturated heterocycles. The van der Waals surface area contributed by atoms with E-state index in [1.54, 1.807) is 0 Å². The quantitative estimate of drug-likeness (QED) is 0.821. The lowest BCUT2D eigenvalue weighted by atomic mass is 9.94. The Hall–Kier alpha value is -1.55. The molecule has 2 aliphatic rings. The number of piperazine rings is 1. The molecule has 0 bridgehead atoms. The number of hydrogen-bond donors (Lipinski definition) is 0. The van der Waals surface area contributed by atoms with Gasteiger partial charge in [0.25, 0.3) is 0 Å². The Morgan fingerprint density at radius 2 is 1.84 bits per heavy atom. The molecule has 0 unspecified atom stereocenters. The van der Waals surface area contributed by atoms with Crippen molar-refractivity contribution in [2.24, 2.45) is 0 Å². The number of rotatable bonds is 5. The number of amides is 1. The molecule has 0 N–H and O–H groups in total. The molecule has 0 aromatic heterocycles. The fourth-order valence-electron chi connectivity index (χ4n) is 4.30. The van der Waals surface area contributed by atoms with E-state index in [-0.39, 0.29) is 0 Å². The number of carbonyl (C=O) groups is 1. The minimum atomic E-state index is 0.332. The zero-order chi connectivity index (χ0) is 17.6. The molecule has 2 fully saturated rings. The van der Waals surface area contributed by atoms with Gasteiger partial charge < -0.3 is 9.80 Å². The zero-order valence-corrected chi connectivity index (χ0v) is 15.9. The highest BCUT2D eigenvalue weighted by atomic mass is 16.2. The van der Waals surface area contributed by atoms with Crippen molar-refractivity contribution < 1.29 is 4.79 Å². The topological polar surface area (TPSA) is 26.8 Å². The van der Waals surface area contributed by atoms with Gasteiger partial charge in [-0.25, -0.2) is 0 Å². The van der Waals surface area contributed by atoms with Crippen LogP contribution < -0.4 is 4.90 Å². The second-order valence-corrected chi connectivity index (χ2v) is 7.57. The molecule has 4 heteroatoms. The summed E-state index contributed by atoms with van der Waals surface area (Å²) in [5.41, 5.74) is 2.62. The van der Waals surface area contributed by atoms with E-state index in [0.29, 0.717) is 18.5 Å². The third-order valence-corrected chi connectivity index (χ3v) is 5.77. The Kier molecular flexibility index (Phi) is 6.35. The molecule has 0 spiro atoms. The number of aryl methyl sites for hydroxylation is 1. The second-order valence-electron chi connectivity index (χ2n) is 7.57. The molecule has 1 saturated carbocycles. The van der Waals surface area contributed by atoms with Crippen LogP contribution in [0.1, 0.15) is 44.6 Å². The summed E-state index contributed by atoms with van der Waals surface area (Å²) in [4.78, 5) is 19.7. The zero-order valence-electron chi connectivity index (χ0n) is 15.9. The van der Waals surface area contributed by atoms with Crippen LogP contribution in [-0.2, 0) is 4.79 Å². The molecule has 0 radical (unpaired) electrons. The monoisotopic (exact) mass is 343 g/mol. The summed E-state index contributed by atoms with van der Waals surface area (Å²) in [5, 5.41) is 0. The fourth-order valence-corrected chi connectivity index (χ4v) is 4.30. The highest BCUT2D eigenvalue weighted by Gasteiger charge is 2.26. The van der Waals surface area contributed by atoms with Crippen LogP contribution >= 0.6 is 0 Å². The average Bonchev–Trinajstić information content (AvgIpc) is 2.64. The normalized spacial score (nSPS) is 19.8. The van der Waals surface area contributed by atoms with Gasteiger partial charge >= 0.3 is 0 Å². The molecule has 0 atom stereocenters. The molecule has 25 heavy (non-hydrogen) atoms. The molecule has 4 nitrogen and oxygen atoms in total. The molecule has 1 aromatic carbocycles. The molecule has 138 valence electrons. The number of benzene rings is 1. The van der Waals surface area contributed by atoms with Gasteiger partial charge in [-0.3, -0.25) is 9.69 Å². The van der Waals surface area contributed by atoms with Gasteiger partial charge in [-0.1, -0.05) is 31.4 Å². The minimum Gasteiger partial charge on any atom is -0.369 e. The molecular weight excluding hydrogens is 310 g/mol. The summed E-state index contributed by atoms with van der Waals surface area (Å²) in [5.74, 6) is 0.332. The number of hydrogen-bond acceptors (Lipinski definition) is 3. The van der Waals surface area contributed by atoms with Crippen molar-refractivity contribution in [2.45, 2.75) is 52.0 Å². The van der Waals surface area contributed by atoms with Crippen LogP contribution in [0.3, 0.4) is 0 Å². The lowest BCUT2D eigenvalue weighted by Gasteiger charge is -2.38. The molecule has 3 rings (SSSR count). The maximum Gasteiger partial charge on any atom is 0.236 e. The van der Waals surface area contributed by atoms with Gasteiger partial charge in [-0.15, -0.1) is 0 Å². The Labute approximate surface area is 152 Å². The summed E-state index contributed by atoms with van der Waals surface area (Å²) in [7, 11) is 0. The van der Waals surface area contributed by atoms with E-state index in [4.69, 9.17) is 0 Å². The van der Waals surface area contributed by atoms with E-state index in [1.807, 2.05) is 0 Å². The first-order chi connectivity index (χ1) is 12.2. The van der Waals surface area contributed by atoms with Crippen LogP contribution in [-0.4, -0.2) is 61.0 Å². The van der Waals surface area contributed by atoms with Crippen molar-refractivity contribution in [3.63, 3.8) is 0 Å². The van der Waals surface area contributed by atoms with Crippen LogP contribution in [0.4, 0.5) is 5.69 Å².